The van der Waals surface area contributed by atoms with Crippen LogP contribution in [0.4, 0.5) is 19.1 Å². The number of sulfone groups is 1. The summed E-state index contributed by atoms with van der Waals surface area (Å²) in [5.74, 6) is -0.434. The highest BCUT2D eigenvalue weighted by Crippen LogP contribution is 2.29. The number of halogens is 3. The molecule has 144 valence electrons. The molecular formula is C15H19F3N4O3S. The first kappa shape index (κ1) is 18.9. The van der Waals surface area contributed by atoms with E-state index in [1.54, 1.807) is 4.90 Å². The molecule has 0 radical (unpaired) electrons. The molecule has 2 aliphatic heterocycles. The molecule has 0 bridgehead atoms. The zero-order valence-corrected chi connectivity index (χ0v) is 14.7. The Bertz CT molecular complexity index is 777. The van der Waals surface area contributed by atoms with Crippen LogP contribution in [0.2, 0.25) is 0 Å². The predicted molar refractivity (Wildman–Crippen MR) is 87.2 cm³/mol. The van der Waals surface area contributed by atoms with Crippen LogP contribution in [0, 0.1) is 5.92 Å². The molecule has 1 amide bonds. The average Bonchev–Trinajstić information content (AvgIpc) is 2.93. The van der Waals surface area contributed by atoms with E-state index in [9.17, 15) is 26.4 Å². The highest BCUT2D eigenvalue weighted by atomic mass is 32.2. The molecule has 26 heavy (non-hydrogen) atoms. The van der Waals surface area contributed by atoms with Crippen molar-refractivity contribution in [1.29, 1.82) is 0 Å². The van der Waals surface area contributed by atoms with E-state index in [4.69, 9.17) is 0 Å². The van der Waals surface area contributed by atoms with Crippen LogP contribution in [-0.4, -0.2) is 54.9 Å². The van der Waals surface area contributed by atoms with Crippen molar-refractivity contribution in [2.45, 2.75) is 31.5 Å². The first-order valence-corrected chi connectivity index (χ1v) is 10.1. The Labute approximate surface area is 148 Å². The minimum absolute atomic E-state index is 0.000527. The van der Waals surface area contributed by atoms with Gasteiger partial charge < -0.3 is 10.2 Å². The smallest absolute Gasteiger partial charge is 0.352 e. The summed E-state index contributed by atoms with van der Waals surface area (Å²) < 4.78 is 61.1. The second-order valence-corrected chi connectivity index (χ2v) is 8.84. The molecule has 0 saturated carbocycles. The van der Waals surface area contributed by atoms with Crippen molar-refractivity contribution in [2.24, 2.45) is 5.92 Å². The van der Waals surface area contributed by atoms with Gasteiger partial charge in [-0.15, -0.1) is 0 Å². The van der Waals surface area contributed by atoms with Crippen LogP contribution >= 0.6 is 0 Å². The number of hydrogen-bond acceptors (Lipinski definition) is 6. The molecule has 1 aromatic heterocycles. The molecule has 3 heterocycles. The van der Waals surface area contributed by atoms with Crippen molar-refractivity contribution in [3.05, 3.63) is 18.0 Å². The molecule has 1 aromatic rings. The van der Waals surface area contributed by atoms with E-state index in [1.807, 2.05) is 0 Å². The molecular weight excluding hydrogens is 373 g/mol. The third-order valence-electron chi connectivity index (χ3n) is 4.66. The minimum Gasteiger partial charge on any atom is -0.352 e. The molecule has 0 aromatic carbocycles. The number of nitrogens with one attached hydrogen (secondary N) is 1. The number of piperidine rings is 1. The van der Waals surface area contributed by atoms with Crippen molar-refractivity contribution in [3.63, 3.8) is 0 Å². The van der Waals surface area contributed by atoms with Crippen LogP contribution in [0.25, 0.3) is 0 Å². The van der Waals surface area contributed by atoms with Gasteiger partial charge in [0.1, 0.15) is 5.69 Å². The topological polar surface area (TPSA) is 92.3 Å². The molecule has 2 saturated heterocycles. The Hall–Kier alpha value is -1.91. The quantitative estimate of drug-likeness (QED) is 0.826. The van der Waals surface area contributed by atoms with Crippen LogP contribution in [-0.2, 0) is 20.8 Å². The van der Waals surface area contributed by atoms with Gasteiger partial charge in [0, 0.05) is 31.2 Å². The Morgan fingerprint density at radius 1 is 1.23 bits per heavy atom. The molecule has 0 aliphatic carbocycles. The first-order chi connectivity index (χ1) is 12.1. The minimum atomic E-state index is -4.53. The summed E-state index contributed by atoms with van der Waals surface area (Å²) in [7, 11) is -3.06. The van der Waals surface area contributed by atoms with Crippen molar-refractivity contribution in [3.8, 4) is 0 Å². The van der Waals surface area contributed by atoms with E-state index in [0.717, 1.165) is 12.3 Å². The van der Waals surface area contributed by atoms with E-state index in [1.165, 1.54) is 0 Å². The number of rotatable bonds is 3. The molecule has 0 spiro atoms. The predicted octanol–water partition coefficient (Wildman–Crippen LogP) is 1.02. The molecule has 0 unspecified atom stereocenters. The Morgan fingerprint density at radius 3 is 2.50 bits per heavy atom. The highest BCUT2D eigenvalue weighted by Gasteiger charge is 2.35. The lowest BCUT2D eigenvalue weighted by atomic mass is 9.95. The molecule has 3 rings (SSSR count). The van der Waals surface area contributed by atoms with Gasteiger partial charge in [0.2, 0.25) is 11.9 Å². The van der Waals surface area contributed by atoms with E-state index in [-0.39, 0.29) is 35.3 Å². The SMILES string of the molecule is O=C(N[C@H]1CCS(=O)(=O)C1)C1CCN(c2nccc(C(F)(F)F)n2)CC1. The first-order valence-electron chi connectivity index (χ1n) is 8.30. The van der Waals surface area contributed by atoms with Crippen LogP contribution in [0.3, 0.4) is 0 Å². The van der Waals surface area contributed by atoms with Gasteiger partial charge in [0.05, 0.1) is 11.5 Å². The number of carbonyl (C=O) groups excluding carboxylic acids is 1. The summed E-state index contributed by atoms with van der Waals surface area (Å²) in [5, 5.41) is 2.77. The van der Waals surface area contributed by atoms with Crippen molar-refractivity contribution < 1.29 is 26.4 Å². The lowest BCUT2D eigenvalue weighted by Gasteiger charge is -2.32. The zero-order valence-electron chi connectivity index (χ0n) is 13.9. The van der Waals surface area contributed by atoms with Gasteiger partial charge in [-0.25, -0.2) is 18.4 Å². The highest BCUT2D eigenvalue weighted by molar-refractivity contribution is 7.91. The van der Waals surface area contributed by atoms with Crippen molar-refractivity contribution in [1.82, 2.24) is 15.3 Å². The fourth-order valence-electron chi connectivity index (χ4n) is 3.23. The number of nitrogens with zero attached hydrogens (tertiary/aromatic N) is 3. The van der Waals surface area contributed by atoms with Crippen LogP contribution in [0.15, 0.2) is 12.3 Å². The van der Waals surface area contributed by atoms with Gasteiger partial charge in [-0.2, -0.15) is 13.2 Å². The third kappa shape index (κ3) is 4.43. The molecule has 2 fully saturated rings. The van der Waals surface area contributed by atoms with Gasteiger partial charge in [-0.1, -0.05) is 0 Å². The van der Waals surface area contributed by atoms with Crippen LogP contribution in [0.5, 0.6) is 0 Å². The molecule has 1 N–H and O–H groups in total. The van der Waals surface area contributed by atoms with Gasteiger partial charge in [0.25, 0.3) is 0 Å². The zero-order chi connectivity index (χ0) is 18.9. The molecule has 7 nitrogen and oxygen atoms in total. The maximum atomic E-state index is 12.7. The maximum Gasteiger partial charge on any atom is 0.433 e. The maximum absolute atomic E-state index is 12.7. The van der Waals surface area contributed by atoms with E-state index < -0.39 is 21.7 Å². The number of anilines is 1. The van der Waals surface area contributed by atoms with Crippen LogP contribution < -0.4 is 10.2 Å². The van der Waals surface area contributed by atoms with Gasteiger partial charge in [-0.3, -0.25) is 4.79 Å². The van der Waals surface area contributed by atoms with Gasteiger partial charge >= 0.3 is 6.18 Å². The fourth-order valence-corrected chi connectivity index (χ4v) is 4.90. The van der Waals surface area contributed by atoms with E-state index in [2.05, 4.69) is 15.3 Å². The van der Waals surface area contributed by atoms with Gasteiger partial charge in [-0.05, 0) is 25.3 Å². The second-order valence-electron chi connectivity index (χ2n) is 6.61. The lowest BCUT2D eigenvalue weighted by Crippen LogP contribution is -2.44. The summed E-state index contributed by atoms with van der Waals surface area (Å²) in [6.07, 6.45) is -2.14. The number of amides is 1. The number of aromatic nitrogens is 2. The lowest BCUT2D eigenvalue weighted by molar-refractivity contribution is -0.141. The van der Waals surface area contributed by atoms with Gasteiger partial charge in [0.15, 0.2) is 9.84 Å². The molecule has 11 heteroatoms. The summed E-state index contributed by atoms with van der Waals surface area (Å²) in [5.41, 5.74) is -0.996. The average molecular weight is 392 g/mol. The summed E-state index contributed by atoms with van der Waals surface area (Å²) in [6.45, 7) is 0.727. The Balaban J connectivity index is 1.55. The summed E-state index contributed by atoms with van der Waals surface area (Å²) >= 11 is 0. The largest absolute Gasteiger partial charge is 0.433 e. The van der Waals surface area contributed by atoms with Crippen LogP contribution in [0.1, 0.15) is 25.0 Å². The number of hydrogen-bond donors (Lipinski definition) is 1. The second kappa shape index (κ2) is 7.01. The molecule has 2 aliphatic rings. The van der Waals surface area contributed by atoms with Crippen molar-refractivity contribution >= 4 is 21.7 Å². The van der Waals surface area contributed by atoms with E-state index >= 15 is 0 Å². The summed E-state index contributed by atoms with van der Waals surface area (Å²) in [6, 6.07) is 0.469. The third-order valence-corrected chi connectivity index (χ3v) is 6.43. The Kier molecular flexibility index (Phi) is 5.09. The number of carbonyl (C=O) groups is 1. The fraction of sp³-hybridized carbons (Fsp3) is 0.667. The Morgan fingerprint density at radius 2 is 1.92 bits per heavy atom. The summed E-state index contributed by atoms with van der Waals surface area (Å²) in [4.78, 5) is 21.4. The normalized spacial score (nSPS) is 23.8. The number of alkyl halides is 3. The molecule has 1 atom stereocenters. The standard InChI is InChI=1S/C15H19F3N4O3S/c16-15(17,18)12-1-5-19-14(21-12)22-6-2-10(3-7-22)13(23)20-11-4-8-26(24,25)9-11/h1,5,10-11H,2-4,6-9H2,(H,20,23)/t11-/m0/s1. The monoisotopic (exact) mass is 392 g/mol. The van der Waals surface area contributed by atoms with E-state index in [0.29, 0.717) is 32.4 Å². The van der Waals surface area contributed by atoms with Crippen molar-refractivity contribution in [2.75, 3.05) is 29.5 Å².